The molecule has 4 fully saturated rings. The van der Waals surface area contributed by atoms with E-state index < -0.39 is 0 Å². The van der Waals surface area contributed by atoms with Crippen LogP contribution in [-0.2, 0) is 4.79 Å². The minimum absolute atomic E-state index is 0.0589. The van der Waals surface area contributed by atoms with Gasteiger partial charge < -0.3 is 10.0 Å². The van der Waals surface area contributed by atoms with E-state index in [2.05, 4.69) is 50.2 Å². The number of benzene rings is 1. The van der Waals surface area contributed by atoms with Gasteiger partial charge in [0, 0.05) is 32.6 Å². The largest absolute Gasteiger partial charge is 0.393 e. The van der Waals surface area contributed by atoms with Crippen molar-refractivity contribution in [3.05, 3.63) is 29.8 Å². The van der Waals surface area contributed by atoms with Crippen LogP contribution < -0.4 is 4.90 Å². The predicted molar refractivity (Wildman–Crippen MR) is 117 cm³/mol. The lowest BCUT2D eigenvalue weighted by Gasteiger charge is -2.58. The van der Waals surface area contributed by atoms with E-state index in [0.29, 0.717) is 35.4 Å². The highest BCUT2D eigenvalue weighted by atomic mass is 16.3. The number of anilines is 1. The summed E-state index contributed by atoms with van der Waals surface area (Å²) in [4.78, 5) is 14.3. The number of fused-ring (bicyclic) bond motifs is 5. The molecular weight excluding hydrogens is 358 g/mol. The van der Waals surface area contributed by atoms with Crippen molar-refractivity contribution >= 4 is 11.5 Å². The van der Waals surface area contributed by atoms with Crippen molar-refractivity contribution in [2.75, 3.05) is 19.0 Å². The Bertz CT molecular complexity index is 771. The SMILES string of the molecule is CN(C)c1ccc([C@H]2C[C@]3(C)[C@@H](O)CC[C@H]3[C@@H]3CC[C@H]4CC(=O)CC[C@@H]4[C@H]32)cc1. The van der Waals surface area contributed by atoms with Gasteiger partial charge in [0.05, 0.1) is 6.10 Å². The van der Waals surface area contributed by atoms with Gasteiger partial charge in [-0.1, -0.05) is 19.1 Å². The third-order valence-corrected chi connectivity index (χ3v) is 9.55. The predicted octanol–water partition coefficient (Wildman–Crippen LogP) is 5.03. The van der Waals surface area contributed by atoms with Crippen LogP contribution in [0.4, 0.5) is 5.69 Å². The van der Waals surface area contributed by atoms with Crippen LogP contribution in [0.3, 0.4) is 0 Å². The van der Waals surface area contributed by atoms with Crippen molar-refractivity contribution in [1.29, 1.82) is 0 Å². The quantitative estimate of drug-likeness (QED) is 0.764. The molecule has 29 heavy (non-hydrogen) atoms. The summed E-state index contributed by atoms with van der Waals surface area (Å²) in [6.45, 7) is 2.38. The van der Waals surface area contributed by atoms with Crippen LogP contribution in [0.25, 0.3) is 0 Å². The summed E-state index contributed by atoms with van der Waals surface area (Å²) < 4.78 is 0. The Morgan fingerprint density at radius 2 is 1.76 bits per heavy atom. The zero-order chi connectivity index (χ0) is 20.3. The van der Waals surface area contributed by atoms with Crippen LogP contribution in [0.1, 0.15) is 69.8 Å². The summed E-state index contributed by atoms with van der Waals surface area (Å²) in [5, 5.41) is 11.0. The first-order valence-corrected chi connectivity index (χ1v) is 11.9. The van der Waals surface area contributed by atoms with Gasteiger partial charge in [-0.15, -0.1) is 0 Å². The second-order valence-corrected chi connectivity index (χ2v) is 11.0. The summed E-state index contributed by atoms with van der Waals surface area (Å²) in [5.41, 5.74) is 2.77. The highest BCUT2D eigenvalue weighted by molar-refractivity contribution is 5.79. The number of carbonyl (C=O) groups is 1. The molecule has 4 saturated carbocycles. The monoisotopic (exact) mass is 395 g/mol. The van der Waals surface area contributed by atoms with E-state index in [9.17, 15) is 9.90 Å². The van der Waals surface area contributed by atoms with Crippen LogP contribution in [-0.4, -0.2) is 31.1 Å². The van der Waals surface area contributed by atoms with E-state index in [1.165, 1.54) is 30.5 Å². The van der Waals surface area contributed by atoms with Crippen LogP contribution >= 0.6 is 0 Å². The molecular formula is C26H37NO2. The molecule has 0 aromatic heterocycles. The highest BCUT2D eigenvalue weighted by Gasteiger charge is 2.60. The average Bonchev–Trinajstić information content (AvgIpc) is 3.01. The summed E-state index contributed by atoms with van der Waals surface area (Å²) in [5.74, 6) is 4.40. The molecule has 158 valence electrons. The molecule has 0 bridgehead atoms. The maximum absolute atomic E-state index is 12.2. The van der Waals surface area contributed by atoms with Gasteiger partial charge >= 0.3 is 0 Å². The third-order valence-electron chi connectivity index (χ3n) is 9.55. The van der Waals surface area contributed by atoms with Crippen LogP contribution in [0.15, 0.2) is 24.3 Å². The van der Waals surface area contributed by atoms with Crippen molar-refractivity contribution in [1.82, 2.24) is 0 Å². The van der Waals surface area contributed by atoms with Crippen molar-refractivity contribution < 1.29 is 9.90 Å². The topological polar surface area (TPSA) is 40.5 Å². The van der Waals surface area contributed by atoms with Gasteiger partial charge in [-0.05, 0) is 97.1 Å². The van der Waals surface area contributed by atoms with Gasteiger partial charge in [0.25, 0.3) is 0 Å². The number of aliphatic hydroxyl groups excluding tert-OH is 1. The summed E-state index contributed by atoms with van der Waals surface area (Å²) in [6.07, 6.45) is 8.34. The number of hydrogen-bond acceptors (Lipinski definition) is 3. The number of Topliss-reactive ketones (excluding diaryl/α,β-unsaturated/α-hetero) is 1. The lowest BCUT2D eigenvalue weighted by Crippen LogP contribution is -2.52. The van der Waals surface area contributed by atoms with E-state index in [-0.39, 0.29) is 11.5 Å². The first-order valence-electron chi connectivity index (χ1n) is 11.9. The fourth-order valence-corrected chi connectivity index (χ4v) is 8.12. The van der Waals surface area contributed by atoms with Gasteiger partial charge in [0.2, 0.25) is 0 Å². The number of hydrogen-bond donors (Lipinski definition) is 1. The van der Waals surface area contributed by atoms with E-state index >= 15 is 0 Å². The highest BCUT2D eigenvalue weighted by Crippen LogP contribution is 2.66. The maximum Gasteiger partial charge on any atom is 0.133 e. The molecule has 0 heterocycles. The molecule has 8 atom stereocenters. The molecule has 3 heteroatoms. The molecule has 1 aromatic carbocycles. The fourth-order valence-electron chi connectivity index (χ4n) is 8.12. The molecule has 1 N–H and O–H groups in total. The van der Waals surface area contributed by atoms with Crippen LogP contribution in [0.5, 0.6) is 0 Å². The summed E-state index contributed by atoms with van der Waals surface area (Å²) in [7, 11) is 4.19. The van der Waals surface area contributed by atoms with Crippen molar-refractivity contribution in [2.24, 2.45) is 35.0 Å². The number of carbonyl (C=O) groups excluding carboxylic acids is 1. The van der Waals surface area contributed by atoms with Crippen molar-refractivity contribution in [3.63, 3.8) is 0 Å². The van der Waals surface area contributed by atoms with Crippen molar-refractivity contribution in [3.8, 4) is 0 Å². The van der Waals surface area contributed by atoms with E-state index in [1.807, 2.05) is 0 Å². The first kappa shape index (κ1) is 19.6. The van der Waals surface area contributed by atoms with E-state index in [1.54, 1.807) is 0 Å². The maximum atomic E-state index is 12.2. The van der Waals surface area contributed by atoms with Gasteiger partial charge in [-0.3, -0.25) is 4.79 Å². The number of ketones is 1. The molecule has 1 aromatic rings. The van der Waals surface area contributed by atoms with Gasteiger partial charge in [0.15, 0.2) is 0 Å². The minimum atomic E-state index is -0.150. The molecule has 0 aliphatic heterocycles. The fraction of sp³-hybridized carbons (Fsp3) is 0.731. The Morgan fingerprint density at radius 3 is 2.48 bits per heavy atom. The number of rotatable bonds is 2. The number of nitrogens with zero attached hydrogens (tertiary/aromatic N) is 1. The van der Waals surface area contributed by atoms with Crippen molar-refractivity contribution in [2.45, 2.75) is 70.3 Å². The van der Waals surface area contributed by atoms with Gasteiger partial charge in [0.1, 0.15) is 5.78 Å². The molecule has 4 aliphatic rings. The molecule has 0 radical (unpaired) electrons. The van der Waals surface area contributed by atoms with E-state index in [4.69, 9.17) is 0 Å². The van der Waals surface area contributed by atoms with E-state index in [0.717, 1.165) is 38.0 Å². The Morgan fingerprint density at radius 1 is 1.00 bits per heavy atom. The van der Waals surface area contributed by atoms with Crippen LogP contribution in [0.2, 0.25) is 0 Å². The molecule has 0 unspecified atom stereocenters. The Balaban J connectivity index is 1.54. The minimum Gasteiger partial charge on any atom is -0.393 e. The summed E-state index contributed by atoms with van der Waals surface area (Å²) >= 11 is 0. The molecule has 0 amide bonds. The molecule has 3 nitrogen and oxygen atoms in total. The third kappa shape index (κ3) is 3.07. The smallest absolute Gasteiger partial charge is 0.133 e. The van der Waals surface area contributed by atoms with Gasteiger partial charge in [-0.25, -0.2) is 0 Å². The Labute approximate surface area is 175 Å². The second-order valence-electron chi connectivity index (χ2n) is 11.0. The Hall–Kier alpha value is -1.35. The molecule has 0 saturated heterocycles. The molecule has 5 rings (SSSR count). The normalized spacial score (nSPS) is 44.0. The van der Waals surface area contributed by atoms with Gasteiger partial charge in [-0.2, -0.15) is 0 Å². The van der Waals surface area contributed by atoms with Crippen LogP contribution in [0, 0.1) is 35.0 Å². The lowest BCUT2D eigenvalue weighted by molar-refractivity contribution is -0.130. The summed E-state index contributed by atoms with van der Waals surface area (Å²) in [6, 6.07) is 9.21. The molecule has 4 aliphatic carbocycles. The molecule has 0 spiro atoms. The zero-order valence-electron chi connectivity index (χ0n) is 18.3. The average molecular weight is 396 g/mol. The number of aliphatic hydroxyl groups is 1. The standard InChI is InChI=1S/C26H37NO2/c1-26-15-22(16-4-7-18(8-5-16)27(2)3)25-20-11-9-19(28)14-17(20)6-10-21(25)23(26)12-13-24(26)29/h4-5,7-8,17,20-25,29H,6,9-15H2,1-3H3/t17-,20-,21-,22+,23-,24-,25+,26-/m0/s1. The first-order chi connectivity index (χ1) is 13.9. The lowest BCUT2D eigenvalue weighted by atomic mass is 9.46. The Kier molecular flexibility index (Phi) is 4.81. The second kappa shape index (κ2) is 7.11. The zero-order valence-corrected chi connectivity index (χ0v) is 18.3.